The third-order valence-corrected chi connectivity index (χ3v) is 7.16. The first-order valence-electron chi connectivity index (χ1n) is 9.49. The van der Waals surface area contributed by atoms with Gasteiger partial charge in [-0.3, -0.25) is 30.0 Å². The fourth-order valence-electron chi connectivity index (χ4n) is 3.35. The second-order valence-electron chi connectivity index (χ2n) is 7.31. The van der Waals surface area contributed by atoms with E-state index in [2.05, 4.69) is 48.7 Å². The topological polar surface area (TPSA) is 114 Å². The summed E-state index contributed by atoms with van der Waals surface area (Å²) in [6.45, 7) is 8.40. The van der Waals surface area contributed by atoms with Gasteiger partial charge in [0.05, 0.1) is 17.9 Å². The van der Waals surface area contributed by atoms with Crippen LogP contribution in [0.5, 0.6) is 0 Å². The van der Waals surface area contributed by atoms with E-state index in [1.165, 1.54) is 34.6 Å². The highest BCUT2D eigenvalue weighted by atomic mass is 32.2. The predicted octanol–water partition coefficient (Wildman–Crippen LogP) is 2.79. The van der Waals surface area contributed by atoms with Crippen LogP contribution in [0, 0.1) is 5.92 Å². The Morgan fingerprint density at radius 1 is 1.30 bits per heavy atom. The van der Waals surface area contributed by atoms with Crippen molar-refractivity contribution >= 4 is 41.2 Å². The standard InChI is InChI=1S/C19H22N6O3S2/c1-9(2)15-20-18-14(10(3)11(4)30-18)16-22-24-19(25(15)16)29-8-13(26)21-23-17(27)12-6-5-7-28-12/h5-7,9,14,18H,8H2,1-4H3,(H,21,26)(H,23,27). The summed E-state index contributed by atoms with van der Waals surface area (Å²) in [4.78, 5) is 30.3. The third kappa shape index (κ3) is 3.79. The molecule has 0 saturated heterocycles. The number of carbonyl (C=O) groups excluding carboxylic acids is 2. The van der Waals surface area contributed by atoms with Crippen LogP contribution in [0.4, 0.5) is 0 Å². The number of hydrazine groups is 1. The number of furan rings is 1. The van der Waals surface area contributed by atoms with E-state index in [0.29, 0.717) is 5.16 Å². The Hall–Kier alpha value is -2.53. The first kappa shape index (κ1) is 20.7. The zero-order valence-electron chi connectivity index (χ0n) is 17.0. The maximum Gasteiger partial charge on any atom is 0.305 e. The molecular weight excluding hydrogens is 424 g/mol. The van der Waals surface area contributed by atoms with Gasteiger partial charge in [-0.15, -0.1) is 22.0 Å². The summed E-state index contributed by atoms with van der Waals surface area (Å²) in [5, 5.41) is 9.50. The summed E-state index contributed by atoms with van der Waals surface area (Å²) in [6, 6.07) is 3.11. The first-order valence-corrected chi connectivity index (χ1v) is 11.4. The van der Waals surface area contributed by atoms with E-state index in [0.717, 1.165) is 11.7 Å². The van der Waals surface area contributed by atoms with Crippen molar-refractivity contribution in [2.75, 3.05) is 5.75 Å². The lowest BCUT2D eigenvalue weighted by molar-refractivity contribution is -0.119. The summed E-state index contributed by atoms with van der Waals surface area (Å²) in [6.07, 6.45) is 1.39. The lowest BCUT2D eigenvalue weighted by atomic mass is 9.97. The van der Waals surface area contributed by atoms with Gasteiger partial charge in [0.15, 0.2) is 10.9 Å². The molecule has 2 aromatic heterocycles. The molecule has 30 heavy (non-hydrogen) atoms. The largest absolute Gasteiger partial charge is 0.459 e. The SMILES string of the molecule is CC1=C(C)C2c3nnc(SCC(=O)NNC(=O)c4ccco4)n3C(C(C)C)=NC2S1. The lowest BCUT2D eigenvalue weighted by Gasteiger charge is -2.27. The fourth-order valence-corrected chi connectivity index (χ4v) is 5.39. The maximum atomic E-state index is 12.2. The van der Waals surface area contributed by atoms with Crippen LogP contribution < -0.4 is 10.9 Å². The zero-order chi connectivity index (χ0) is 21.4. The zero-order valence-corrected chi connectivity index (χ0v) is 18.6. The van der Waals surface area contributed by atoms with E-state index in [-0.39, 0.29) is 34.6 Å². The second kappa shape index (κ2) is 8.31. The van der Waals surface area contributed by atoms with E-state index in [4.69, 9.17) is 9.41 Å². The van der Waals surface area contributed by atoms with Gasteiger partial charge < -0.3 is 4.42 Å². The summed E-state index contributed by atoms with van der Waals surface area (Å²) < 4.78 is 6.96. The molecule has 0 aromatic carbocycles. The Balaban J connectivity index is 1.46. The number of aromatic nitrogens is 3. The van der Waals surface area contributed by atoms with Crippen LogP contribution in [-0.4, -0.2) is 43.5 Å². The molecule has 0 bridgehead atoms. The minimum absolute atomic E-state index is 0.0681. The average Bonchev–Trinajstić information content (AvgIpc) is 3.44. The van der Waals surface area contributed by atoms with E-state index in [1.54, 1.807) is 17.8 Å². The number of carbonyl (C=O) groups is 2. The quantitative estimate of drug-likeness (QED) is 0.536. The first-order chi connectivity index (χ1) is 14.4. The van der Waals surface area contributed by atoms with Crippen molar-refractivity contribution in [3.63, 3.8) is 0 Å². The summed E-state index contributed by atoms with van der Waals surface area (Å²) >= 11 is 3.03. The smallest absolute Gasteiger partial charge is 0.305 e. The highest BCUT2D eigenvalue weighted by Crippen LogP contribution is 2.49. The molecule has 2 N–H and O–H groups in total. The van der Waals surface area contributed by atoms with Gasteiger partial charge in [0.2, 0.25) is 5.91 Å². The monoisotopic (exact) mass is 446 g/mol. The van der Waals surface area contributed by atoms with E-state index in [9.17, 15) is 9.59 Å². The van der Waals surface area contributed by atoms with Gasteiger partial charge in [0, 0.05) is 5.92 Å². The average molecular weight is 447 g/mol. The normalized spacial score (nSPS) is 20.1. The van der Waals surface area contributed by atoms with Gasteiger partial charge >= 0.3 is 5.91 Å². The van der Waals surface area contributed by atoms with E-state index < -0.39 is 5.91 Å². The van der Waals surface area contributed by atoms with Gasteiger partial charge in [-0.05, 0) is 30.9 Å². The number of nitrogens with zero attached hydrogens (tertiary/aromatic N) is 4. The molecule has 2 unspecified atom stereocenters. The van der Waals surface area contributed by atoms with Crippen LogP contribution in [0.2, 0.25) is 0 Å². The van der Waals surface area contributed by atoms with Crippen molar-refractivity contribution < 1.29 is 14.0 Å². The van der Waals surface area contributed by atoms with Crippen molar-refractivity contribution in [1.82, 2.24) is 25.6 Å². The molecule has 2 aliphatic heterocycles. The van der Waals surface area contributed by atoms with Crippen LogP contribution >= 0.6 is 23.5 Å². The van der Waals surface area contributed by atoms with Crippen molar-refractivity contribution in [2.45, 2.75) is 44.1 Å². The molecule has 9 nitrogen and oxygen atoms in total. The third-order valence-electron chi connectivity index (χ3n) is 4.94. The molecule has 4 heterocycles. The minimum Gasteiger partial charge on any atom is -0.459 e. The Labute approximate surface area is 182 Å². The molecule has 0 fully saturated rings. The molecule has 4 rings (SSSR count). The molecule has 0 saturated carbocycles. The van der Waals surface area contributed by atoms with Gasteiger partial charge in [0.1, 0.15) is 17.0 Å². The Morgan fingerprint density at radius 3 is 2.80 bits per heavy atom. The molecule has 0 radical (unpaired) electrons. The maximum absolute atomic E-state index is 12.2. The van der Waals surface area contributed by atoms with Crippen molar-refractivity contribution in [3.05, 3.63) is 40.5 Å². The number of fused-ring (bicyclic) bond motifs is 3. The number of hydrogen-bond donors (Lipinski definition) is 2. The summed E-state index contributed by atoms with van der Waals surface area (Å²) in [5.74, 6) is 1.36. The van der Waals surface area contributed by atoms with Crippen molar-refractivity contribution in [3.8, 4) is 0 Å². The molecule has 0 aliphatic carbocycles. The van der Waals surface area contributed by atoms with Crippen molar-refractivity contribution in [2.24, 2.45) is 10.9 Å². The highest BCUT2D eigenvalue weighted by molar-refractivity contribution is 8.04. The number of allylic oxidation sites excluding steroid dienone is 1. The van der Waals surface area contributed by atoms with Gasteiger partial charge in [0.25, 0.3) is 0 Å². The highest BCUT2D eigenvalue weighted by Gasteiger charge is 2.41. The van der Waals surface area contributed by atoms with Crippen LogP contribution in [0.3, 0.4) is 0 Å². The molecule has 158 valence electrons. The molecule has 2 aromatic rings. The molecule has 2 atom stereocenters. The molecule has 2 aliphatic rings. The molecule has 0 spiro atoms. The number of nitrogens with one attached hydrogen (secondary N) is 2. The van der Waals surface area contributed by atoms with Crippen LogP contribution in [0.1, 0.15) is 50.0 Å². The van der Waals surface area contributed by atoms with E-state index in [1.807, 2.05) is 4.57 Å². The molecular formula is C19H22N6O3S2. The van der Waals surface area contributed by atoms with Crippen LogP contribution in [0.25, 0.3) is 0 Å². The van der Waals surface area contributed by atoms with Crippen molar-refractivity contribution in [1.29, 1.82) is 0 Å². The minimum atomic E-state index is -0.519. The number of rotatable bonds is 5. The van der Waals surface area contributed by atoms with Gasteiger partial charge in [-0.1, -0.05) is 31.2 Å². The number of thioether (sulfide) groups is 2. The molecule has 11 heteroatoms. The fraction of sp³-hybridized carbons (Fsp3) is 0.421. The Bertz CT molecular complexity index is 1040. The second-order valence-corrected chi connectivity index (χ2v) is 9.59. The lowest BCUT2D eigenvalue weighted by Crippen LogP contribution is -2.42. The molecule has 2 amide bonds. The number of aliphatic imine (C=N–C) groups is 1. The van der Waals surface area contributed by atoms with Gasteiger partial charge in [-0.2, -0.15) is 0 Å². The number of amides is 2. The number of hydrogen-bond acceptors (Lipinski definition) is 8. The van der Waals surface area contributed by atoms with Crippen LogP contribution in [-0.2, 0) is 4.79 Å². The van der Waals surface area contributed by atoms with Gasteiger partial charge in [-0.25, -0.2) is 0 Å². The predicted molar refractivity (Wildman–Crippen MR) is 115 cm³/mol. The Kier molecular flexibility index (Phi) is 5.74. The summed E-state index contributed by atoms with van der Waals surface area (Å²) in [5.41, 5.74) is 5.97. The van der Waals surface area contributed by atoms with E-state index >= 15 is 0 Å². The Morgan fingerprint density at radius 2 is 2.10 bits per heavy atom. The summed E-state index contributed by atoms with van der Waals surface area (Å²) in [7, 11) is 0. The van der Waals surface area contributed by atoms with Crippen LogP contribution in [0.15, 0.2) is 43.4 Å².